The summed E-state index contributed by atoms with van der Waals surface area (Å²) in [5.74, 6) is 1.26. The van der Waals surface area contributed by atoms with Crippen LogP contribution in [0.15, 0.2) is 30.6 Å². The van der Waals surface area contributed by atoms with Crippen LogP contribution in [0.4, 0.5) is 5.82 Å². The number of likely N-dealkylation sites (tertiary alicyclic amines) is 1. The quantitative estimate of drug-likeness (QED) is 0.692. The van der Waals surface area contributed by atoms with Gasteiger partial charge in [-0.2, -0.15) is 0 Å². The molecule has 0 spiro atoms. The Hall–Kier alpha value is -1.89. The van der Waals surface area contributed by atoms with E-state index < -0.39 is 0 Å². The van der Waals surface area contributed by atoms with Crippen molar-refractivity contribution in [3.63, 3.8) is 0 Å². The van der Waals surface area contributed by atoms with Gasteiger partial charge in [-0.25, -0.2) is 9.97 Å². The number of phenolic OH excluding ortho intramolecular Hbond substituents is 1. The molecule has 2 N–H and O–H groups in total. The second-order valence-electron chi connectivity index (χ2n) is 6.73. The molecule has 1 fully saturated rings. The standard InChI is InChI=1S/C19H21ClN4OS/c1-12-16-18(21-11-22-19(16)26-17(12)20)23-14-6-8-24(9-7-14)10-13-4-2-3-5-15(13)25/h2-5,11,14,25H,6-10H2,1H3,(H,21,22,23). The number of hydrogen-bond donors (Lipinski definition) is 2. The number of hydrogen-bond acceptors (Lipinski definition) is 6. The van der Waals surface area contributed by atoms with Crippen LogP contribution in [0.25, 0.3) is 10.2 Å². The van der Waals surface area contributed by atoms with Crippen molar-refractivity contribution >= 4 is 39.0 Å². The van der Waals surface area contributed by atoms with Gasteiger partial charge >= 0.3 is 0 Å². The number of nitrogens with one attached hydrogen (secondary N) is 1. The van der Waals surface area contributed by atoms with E-state index >= 15 is 0 Å². The Morgan fingerprint density at radius 1 is 1.27 bits per heavy atom. The van der Waals surface area contributed by atoms with E-state index in [0.717, 1.165) is 64.0 Å². The van der Waals surface area contributed by atoms with Crippen LogP contribution in [0, 0.1) is 6.92 Å². The Balaban J connectivity index is 1.41. The molecular weight excluding hydrogens is 368 g/mol. The van der Waals surface area contributed by atoms with E-state index in [1.54, 1.807) is 12.4 Å². The number of aryl methyl sites for hydroxylation is 1. The van der Waals surface area contributed by atoms with E-state index in [9.17, 15) is 5.11 Å². The van der Waals surface area contributed by atoms with E-state index in [1.165, 1.54) is 11.3 Å². The fraction of sp³-hybridized carbons (Fsp3) is 0.368. The first-order valence-electron chi connectivity index (χ1n) is 8.77. The van der Waals surface area contributed by atoms with Crippen molar-refractivity contribution < 1.29 is 5.11 Å². The van der Waals surface area contributed by atoms with E-state index in [0.29, 0.717) is 11.8 Å². The molecule has 1 aliphatic rings. The van der Waals surface area contributed by atoms with Crippen molar-refractivity contribution in [1.29, 1.82) is 0 Å². The second-order valence-corrected chi connectivity index (χ2v) is 8.33. The summed E-state index contributed by atoms with van der Waals surface area (Å²) in [6, 6.07) is 7.94. The molecule has 0 unspecified atom stereocenters. The number of rotatable bonds is 4. The lowest BCUT2D eigenvalue weighted by Gasteiger charge is -2.32. The fourth-order valence-electron chi connectivity index (χ4n) is 3.47. The molecule has 0 amide bonds. The molecule has 136 valence electrons. The summed E-state index contributed by atoms with van der Waals surface area (Å²) in [6.07, 6.45) is 3.68. The number of para-hydroxylation sites is 1. The van der Waals surface area contributed by atoms with Crippen LogP contribution >= 0.6 is 22.9 Å². The van der Waals surface area contributed by atoms with Gasteiger partial charge in [0.1, 0.15) is 22.7 Å². The van der Waals surface area contributed by atoms with Gasteiger partial charge in [0.2, 0.25) is 0 Å². The number of piperidine rings is 1. The Kier molecular flexibility index (Phi) is 4.98. The summed E-state index contributed by atoms with van der Waals surface area (Å²) in [7, 11) is 0. The molecular formula is C19H21ClN4OS. The molecule has 1 aliphatic heterocycles. The molecule has 0 aliphatic carbocycles. The summed E-state index contributed by atoms with van der Waals surface area (Å²) in [5.41, 5.74) is 2.03. The van der Waals surface area contributed by atoms with Crippen molar-refractivity contribution in [2.75, 3.05) is 18.4 Å². The van der Waals surface area contributed by atoms with Gasteiger partial charge < -0.3 is 10.4 Å². The molecule has 1 aromatic carbocycles. The molecule has 0 saturated carbocycles. The van der Waals surface area contributed by atoms with Gasteiger partial charge in [0.15, 0.2) is 0 Å². The smallest absolute Gasteiger partial charge is 0.138 e. The normalized spacial score (nSPS) is 16.2. The molecule has 0 radical (unpaired) electrons. The fourth-order valence-corrected chi connectivity index (χ4v) is 4.66. The van der Waals surface area contributed by atoms with Crippen molar-refractivity contribution in [3.05, 3.63) is 46.1 Å². The van der Waals surface area contributed by atoms with Gasteiger partial charge in [0.25, 0.3) is 0 Å². The maximum absolute atomic E-state index is 9.95. The number of aromatic nitrogens is 2. The first-order valence-corrected chi connectivity index (χ1v) is 9.96. The predicted octanol–water partition coefficient (Wildman–Crippen LogP) is 4.44. The Bertz CT molecular complexity index is 921. The minimum atomic E-state index is 0.376. The van der Waals surface area contributed by atoms with Gasteiger partial charge in [-0.05, 0) is 31.4 Å². The topological polar surface area (TPSA) is 61.3 Å². The first kappa shape index (κ1) is 17.5. The third kappa shape index (κ3) is 3.49. The van der Waals surface area contributed by atoms with Crippen LogP contribution in [-0.2, 0) is 6.54 Å². The summed E-state index contributed by atoms with van der Waals surface area (Å²) in [5, 5.41) is 14.6. The zero-order chi connectivity index (χ0) is 18.1. The second kappa shape index (κ2) is 7.39. The van der Waals surface area contributed by atoms with E-state index in [4.69, 9.17) is 11.6 Å². The summed E-state index contributed by atoms with van der Waals surface area (Å²) >= 11 is 7.77. The van der Waals surface area contributed by atoms with E-state index in [1.807, 2.05) is 25.1 Å². The van der Waals surface area contributed by atoms with Crippen molar-refractivity contribution in [2.45, 2.75) is 32.4 Å². The zero-order valence-electron chi connectivity index (χ0n) is 14.6. The first-order chi connectivity index (χ1) is 12.6. The zero-order valence-corrected chi connectivity index (χ0v) is 16.1. The maximum Gasteiger partial charge on any atom is 0.138 e. The Morgan fingerprint density at radius 2 is 2.04 bits per heavy atom. The van der Waals surface area contributed by atoms with Crippen molar-refractivity contribution in [2.24, 2.45) is 0 Å². The summed E-state index contributed by atoms with van der Waals surface area (Å²) in [4.78, 5) is 12.1. The number of anilines is 1. The van der Waals surface area contributed by atoms with Gasteiger partial charge in [0.05, 0.1) is 9.72 Å². The van der Waals surface area contributed by atoms with Crippen LogP contribution in [0.3, 0.4) is 0 Å². The van der Waals surface area contributed by atoms with Gasteiger partial charge in [-0.1, -0.05) is 29.8 Å². The molecule has 7 heteroatoms. The average Bonchev–Trinajstić information content (AvgIpc) is 2.94. The van der Waals surface area contributed by atoms with Crippen LogP contribution in [-0.4, -0.2) is 39.1 Å². The molecule has 1 saturated heterocycles. The molecule has 0 bridgehead atoms. The van der Waals surface area contributed by atoms with Crippen LogP contribution in [0.2, 0.25) is 4.34 Å². The minimum Gasteiger partial charge on any atom is -0.508 e. The maximum atomic E-state index is 9.95. The Labute approximate surface area is 161 Å². The highest BCUT2D eigenvalue weighted by Gasteiger charge is 2.22. The van der Waals surface area contributed by atoms with E-state index in [-0.39, 0.29) is 0 Å². The highest BCUT2D eigenvalue weighted by molar-refractivity contribution is 7.22. The minimum absolute atomic E-state index is 0.376. The summed E-state index contributed by atoms with van der Waals surface area (Å²) < 4.78 is 0.779. The average molecular weight is 389 g/mol. The highest BCUT2D eigenvalue weighted by Crippen LogP contribution is 2.36. The van der Waals surface area contributed by atoms with Crippen LogP contribution < -0.4 is 5.32 Å². The van der Waals surface area contributed by atoms with Crippen molar-refractivity contribution in [1.82, 2.24) is 14.9 Å². The van der Waals surface area contributed by atoms with Crippen LogP contribution in [0.1, 0.15) is 24.0 Å². The number of benzene rings is 1. The monoisotopic (exact) mass is 388 g/mol. The molecule has 0 atom stereocenters. The Morgan fingerprint density at radius 3 is 2.81 bits per heavy atom. The largest absolute Gasteiger partial charge is 0.508 e. The third-order valence-corrected chi connectivity index (χ3v) is 6.49. The van der Waals surface area contributed by atoms with Crippen LogP contribution in [0.5, 0.6) is 5.75 Å². The number of thiophene rings is 1. The lowest BCUT2D eigenvalue weighted by atomic mass is 10.0. The molecule has 4 rings (SSSR count). The number of halogens is 1. The van der Waals surface area contributed by atoms with Gasteiger partial charge in [-0.3, -0.25) is 4.90 Å². The number of nitrogens with zero attached hydrogens (tertiary/aromatic N) is 3. The molecule has 3 heterocycles. The SMILES string of the molecule is Cc1c(Cl)sc2ncnc(NC3CCN(Cc4ccccc4O)CC3)c12. The molecule has 26 heavy (non-hydrogen) atoms. The highest BCUT2D eigenvalue weighted by atomic mass is 35.5. The molecule has 2 aromatic heterocycles. The number of fused-ring (bicyclic) bond motifs is 1. The van der Waals surface area contributed by atoms with E-state index in [2.05, 4.69) is 20.2 Å². The predicted molar refractivity (Wildman–Crippen MR) is 107 cm³/mol. The van der Waals surface area contributed by atoms with Crippen molar-refractivity contribution in [3.8, 4) is 5.75 Å². The van der Waals surface area contributed by atoms with Gasteiger partial charge in [-0.15, -0.1) is 11.3 Å². The summed E-state index contributed by atoms with van der Waals surface area (Å²) in [6.45, 7) is 4.79. The molecule has 5 nitrogen and oxygen atoms in total. The number of aromatic hydroxyl groups is 1. The third-order valence-electron chi connectivity index (χ3n) is 4.98. The lowest BCUT2D eigenvalue weighted by molar-refractivity contribution is 0.209. The lowest BCUT2D eigenvalue weighted by Crippen LogP contribution is -2.38. The number of phenols is 1. The van der Waals surface area contributed by atoms with Gasteiger partial charge in [0, 0.05) is 31.2 Å². The molecule has 3 aromatic rings.